The topological polar surface area (TPSA) is 51.0 Å². The van der Waals surface area contributed by atoms with Gasteiger partial charge in [0, 0.05) is 12.5 Å². The van der Waals surface area contributed by atoms with Gasteiger partial charge >= 0.3 is 0 Å². The predicted octanol–water partition coefficient (Wildman–Crippen LogP) is 2.66. The van der Waals surface area contributed by atoms with Gasteiger partial charge in [0.15, 0.2) is 5.82 Å². The van der Waals surface area contributed by atoms with Crippen molar-refractivity contribution in [3.05, 3.63) is 47.1 Å². The van der Waals surface area contributed by atoms with Crippen LogP contribution < -0.4 is 5.32 Å². The van der Waals surface area contributed by atoms with E-state index < -0.39 is 0 Å². The summed E-state index contributed by atoms with van der Waals surface area (Å²) in [7, 11) is 0. The Bertz CT molecular complexity index is 502. The first-order valence-corrected chi connectivity index (χ1v) is 6.74. The van der Waals surface area contributed by atoms with Crippen LogP contribution in [-0.2, 0) is 19.4 Å². The third-order valence-corrected chi connectivity index (χ3v) is 2.93. The Morgan fingerprint density at radius 3 is 2.58 bits per heavy atom. The first-order valence-electron chi connectivity index (χ1n) is 6.74. The number of nitrogens with one attached hydrogen (secondary N) is 1. The van der Waals surface area contributed by atoms with E-state index in [0.717, 1.165) is 18.7 Å². The molecule has 4 nitrogen and oxygen atoms in total. The van der Waals surface area contributed by atoms with E-state index >= 15 is 0 Å². The van der Waals surface area contributed by atoms with Crippen LogP contribution in [0.1, 0.15) is 36.7 Å². The zero-order chi connectivity index (χ0) is 13.7. The molecule has 1 N–H and O–H groups in total. The third-order valence-electron chi connectivity index (χ3n) is 2.93. The Morgan fingerprint density at radius 2 is 1.89 bits per heavy atom. The molecule has 102 valence electrons. The molecule has 1 aromatic carbocycles. The van der Waals surface area contributed by atoms with Crippen molar-refractivity contribution in [2.24, 2.45) is 0 Å². The first-order chi connectivity index (χ1) is 9.13. The summed E-state index contributed by atoms with van der Waals surface area (Å²) in [6.45, 7) is 6.94. The highest BCUT2D eigenvalue weighted by Crippen LogP contribution is 2.07. The predicted molar refractivity (Wildman–Crippen MR) is 74.9 cm³/mol. The number of rotatable bonds is 6. The quantitative estimate of drug-likeness (QED) is 0.866. The molecule has 0 bridgehead atoms. The summed E-state index contributed by atoms with van der Waals surface area (Å²) < 4.78 is 5.24. The average Bonchev–Trinajstić information content (AvgIpc) is 2.84. The Hall–Kier alpha value is -1.68. The Balaban J connectivity index is 1.84. The average molecular weight is 259 g/mol. The monoisotopic (exact) mass is 259 g/mol. The zero-order valence-electron chi connectivity index (χ0n) is 11.8. The van der Waals surface area contributed by atoms with Crippen molar-refractivity contribution >= 4 is 0 Å². The van der Waals surface area contributed by atoms with Gasteiger partial charge in [0.1, 0.15) is 0 Å². The molecule has 0 spiro atoms. The molecule has 0 aliphatic rings. The molecule has 19 heavy (non-hydrogen) atoms. The van der Waals surface area contributed by atoms with Gasteiger partial charge in [-0.3, -0.25) is 0 Å². The highest BCUT2D eigenvalue weighted by molar-refractivity contribution is 5.21. The second-order valence-electron chi connectivity index (χ2n) is 5.13. The van der Waals surface area contributed by atoms with Gasteiger partial charge in [-0.15, -0.1) is 0 Å². The lowest BCUT2D eigenvalue weighted by atomic mass is 10.1. The maximum atomic E-state index is 5.24. The molecule has 0 atom stereocenters. The third kappa shape index (κ3) is 4.48. The SMILES string of the molecule is Cc1ccc(CCc2nc(CNC(C)C)no2)cc1. The highest BCUT2D eigenvalue weighted by atomic mass is 16.5. The van der Waals surface area contributed by atoms with Crippen molar-refractivity contribution in [3.8, 4) is 0 Å². The highest BCUT2D eigenvalue weighted by Gasteiger charge is 2.06. The lowest BCUT2D eigenvalue weighted by Crippen LogP contribution is -2.22. The second kappa shape index (κ2) is 6.48. The minimum Gasteiger partial charge on any atom is -0.339 e. The van der Waals surface area contributed by atoms with E-state index in [1.165, 1.54) is 11.1 Å². The number of hydrogen-bond acceptors (Lipinski definition) is 4. The van der Waals surface area contributed by atoms with Crippen molar-refractivity contribution < 1.29 is 4.52 Å². The lowest BCUT2D eigenvalue weighted by Gasteiger charge is -2.03. The summed E-state index contributed by atoms with van der Waals surface area (Å²) >= 11 is 0. The van der Waals surface area contributed by atoms with Crippen LogP contribution in [0.5, 0.6) is 0 Å². The van der Waals surface area contributed by atoms with Crippen LogP contribution in [0.3, 0.4) is 0 Å². The minimum absolute atomic E-state index is 0.425. The van der Waals surface area contributed by atoms with Gasteiger partial charge < -0.3 is 9.84 Å². The van der Waals surface area contributed by atoms with Crippen LogP contribution in [-0.4, -0.2) is 16.2 Å². The molecule has 0 unspecified atom stereocenters. The van der Waals surface area contributed by atoms with Gasteiger partial charge in [0.25, 0.3) is 0 Å². The molecule has 1 heterocycles. The van der Waals surface area contributed by atoms with Gasteiger partial charge in [-0.25, -0.2) is 0 Å². The van der Waals surface area contributed by atoms with E-state index in [2.05, 4.69) is 60.5 Å². The van der Waals surface area contributed by atoms with Crippen LogP contribution >= 0.6 is 0 Å². The van der Waals surface area contributed by atoms with Gasteiger partial charge in [0.2, 0.25) is 5.89 Å². The maximum absolute atomic E-state index is 5.24. The van der Waals surface area contributed by atoms with Crippen LogP contribution in [0.4, 0.5) is 0 Å². The van der Waals surface area contributed by atoms with Crippen molar-refractivity contribution in [2.75, 3.05) is 0 Å². The van der Waals surface area contributed by atoms with E-state index in [9.17, 15) is 0 Å². The standard InChI is InChI=1S/C15H21N3O/c1-11(2)16-10-14-17-15(19-18-14)9-8-13-6-4-12(3)5-7-13/h4-7,11,16H,8-10H2,1-3H3. The lowest BCUT2D eigenvalue weighted by molar-refractivity contribution is 0.370. The molecule has 2 rings (SSSR count). The summed E-state index contributed by atoms with van der Waals surface area (Å²) in [5, 5.41) is 7.24. The summed E-state index contributed by atoms with van der Waals surface area (Å²) in [6, 6.07) is 8.97. The van der Waals surface area contributed by atoms with Gasteiger partial charge in [-0.2, -0.15) is 4.98 Å². The fourth-order valence-corrected chi connectivity index (χ4v) is 1.76. The summed E-state index contributed by atoms with van der Waals surface area (Å²) in [5.74, 6) is 1.44. The Morgan fingerprint density at radius 1 is 1.16 bits per heavy atom. The summed E-state index contributed by atoms with van der Waals surface area (Å²) in [4.78, 5) is 4.37. The second-order valence-corrected chi connectivity index (χ2v) is 5.13. The molecule has 2 aromatic rings. The molecular weight excluding hydrogens is 238 g/mol. The normalized spacial score (nSPS) is 11.2. The molecule has 0 saturated carbocycles. The molecule has 4 heteroatoms. The van der Waals surface area contributed by atoms with Crippen molar-refractivity contribution in [2.45, 2.75) is 46.2 Å². The Kier molecular flexibility index (Phi) is 4.68. The molecule has 0 aliphatic carbocycles. The molecule has 1 aromatic heterocycles. The molecular formula is C15H21N3O. The van der Waals surface area contributed by atoms with E-state index in [1.807, 2.05) is 0 Å². The Labute approximate surface area is 114 Å². The molecule has 0 aliphatic heterocycles. The van der Waals surface area contributed by atoms with Crippen LogP contribution in [0.2, 0.25) is 0 Å². The van der Waals surface area contributed by atoms with Crippen LogP contribution in [0, 0.1) is 6.92 Å². The summed E-state index contributed by atoms with van der Waals surface area (Å²) in [5.41, 5.74) is 2.58. The van der Waals surface area contributed by atoms with Crippen LogP contribution in [0.15, 0.2) is 28.8 Å². The van der Waals surface area contributed by atoms with Gasteiger partial charge in [0.05, 0.1) is 6.54 Å². The molecule has 0 radical (unpaired) electrons. The van der Waals surface area contributed by atoms with Crippen molar-refractivity contribution in [1.82, 2.24) is 15.5 Å². The maximum Gasteiger partial charge on any atom is 0.227 e. The fourth-order valence-electron chi connectivity index (χ4n) is 1.76. The number of benzene rings is 1. The van der Waals surface area contributed by atoms with Gasteiger partial charge in [-0.05, 0) is 18.9 Å². The number of hydrogen-bond donors (Lipinski definition) is 1. The number of aromatic nitrogens is 2. The molecule has 0 saturated heterocycles. The summed E-state index contributed by atoms with van der Waals surface area (Å²) in [6.07, 6.45) is 1.72. The zero-order valence-corrected chi connectivity index (χ0v) is 11.8. The van der Waals surface area contributed by atoms with E-state index in [-0.39, 0.29) is 0 Å². The number of aryl methyl sites for hydroxylation is 3. The minimum atomic E-state index is 0.425. The van der Waals surface area contributed by atoms with E-state index in [4.69, 9.17) is 4.52 Å². The van der Waals surface area contributed by atoms with Crippen molar-refractivity contribution in [1.29, 1.82) is 0 Å². The molecule has 0 fully saturated rings. The molecule has 0 amide bonds. The van der Waals surface area contributed by atoms with E-state index in [1.54, 1.807) is 0 Å². The number of nitrogens with zero attached hydrogens (tertiary/aromatic N) is 2. The fraction of sp³-hybridized carbons (Fsp3) is 0.467. The van der Waals surface area contributed by atoms with Crippen LogP contribution in [0.25, 0.3) is 0 Å². The largest absolute Gasteiger partial charge is 0.339 e. The first kappa shape index (κ1) is 13.7. The van der Waals surface area contributed by atoms with Gasteiger partial charge in [-0.1, -0.05) is 48.8 Å². The van der Waals surface area contributed by atoms with E-state index in [0.29, 0.717) is 18.5 Å². The van der Waals surface area contributed by atoms with Crippen molar-refractivity contribution in [3.63, 3.8) is 0 Å². The smallest absolute Gasteiger partial charge is 0.227 e.